The van der Waals surface area contributed by atoms with Crippen molar-refractivity contribution in [3.63, 3.8) is 0 Å². The van der Waals surface area contributed by atoms with Gasteiger partial charge in [-0.3, -0.25) is 9.59 Å². The number of carboxylic acids is 1. The number of nitrogens with one attached hydrogen (secondary N) is 1. The molecule has 1 aliphatic carbocycles. The van der Waals surface area contributed by atoms with Crippen molar-refractivity contribution >= 4 is 35.1 Å². The Bertz CT molecular complexity index is 533. The summed E-state index contributed by atoms with van der Waals surface area (Å²) in [6.07, 6.45) is 2.76. The number of rotatable bonds is 3. The SMILES string of the molecule is O=C(NC1CCCC(C(=O)O)C1)c1ccc(Cl)c(Cl)c1. The minimum atomic E-state index is -0.793. The van der Waals surface area contributed by atoms with Gasteiger partial charge in [-0.25, -0.2) is 0 Å². The second-order valence-electron chi connectivity index (χ2n) is 5.00. The fourth-order valence-electron chi connectivity index (χ4n) is 2.45. The van der Waals surface area contributed by atoms with E-state index in [1.807, 2.05) is 0 Å². The summed E-state index contributed by atoms with van der Waals surface area (Å²) in [7, 11) is 0. The number of halogens is 2. The first-order valence-electron chi connectivity index (χ1n) is 6.46. The predicted molar refractivity (Wildman–Crippen MR) is 77.3 cm³/mol. The van der Waals surface area contributed by atoms with Crippen LogP contribution in [0.1, 0.15) is 36.0 Å². The Morgan fingerprint density at radius 2 is 1.95 bits per heavy atom. The van der Waals surface area contributed by atoms with Gasteiger partial charge in [-0.05, 0) is 37.5 Å². The van der Waals surface area contributed by atoms with Crippen molar-refractivity contribution in [3.05, 3.63) is 33.8 Å². The maximum Gasteiger partial charge on any atom is 0.306 e. The number of amides is 1. The van der Waals surface area contributed by atoms with E-state index in [0.717, 1.165) is 12.8 Å². The normalized spacial score (nSPS) is 22.3. The number of carboxylic acid groups (broad SMARTS) is 1. The fourth-order valence-corrected chi connectivity index (χ4v) is 2.75. The highest BCUT2D eigenvalue weighted by molar-refractivity contribution is 6.42. The number of hydrogen-bond donors (Lipinski definition) is 2. The molecule has 1 fully saturated rings. The van der Waals surface area contributed by atoms with Crippen LogP contribution in [0.2, 0.25) is 10.0 Å². The number of benzene rings is 1. The second-order valence-corrected chi connectivity index (χ2v) is 5.82. The lowest BCUT2D eigenvalue weighted by Gasteiger charge is -2.27. The van der Waals surface area contributed by atoms with E-state index in [1.54, 1.807) is 12.1 Å². The molecule has 1 saturated carbocycles. The highest BCUT2D eigenvalue weighted by Crippen LogP contribution is 2.26. The second kappa shape index (κ2) is 6.46. The Balaban J connectivity index is 2.00. The van der Waals surface area contributed by atoms with Crippen LogP contribution in [-0.4, -0.2) is 23.0 Å². The van der Waals surface area contributed by atoms with Crippen molar-refractivity contribution in [2.75, 3.05) is 0 Å². The molecule has 1 aliphatic rings. The molecule has 1 amide bonds. The van der Waals surface area contributed by atoms with Crippen LogP contribution in [0.5, 0.6) is 0 Å². The molecule has 0 saturated heterocycles. The third kappa shape index (κ3) is 3.64. The van der Waals surface area contributed by atoms with Crippen LogP contribution >= 0.6 is 23.2 Å². The average Bonchev–Trinajstić information content (AvgIpc) is 2.42. The molecule has 108 valence electrons. The molecule has 0 heterocycles. The van der Waals surface area contributed by atoms with Crippen LogP contribution in [0, 0.1) is 5.92 Å². The Hall–Kier alpha value is -1.26. The molecule has 0 aliphatic heterocycles. The van der Waals surface area contributed by atoms with Gasteiger partial charge in [0.05, 0.1) is 16.0 Å². The van der Waals surface area contributed by atoms with Crippen molar-refractivity contribution in [2.24, 2.45) is 5.92 Å². The molecule has 4 nitrogen and oxygen atoms in total. The van der Waals surface area contributed by atoms with Crippen LogP contribution in [0.25, 0.3) is 0 Å². The minimum Gasteiger partial charge on any atom is -0.481 e. The van der Waals surface area contributed by atoms with E-state index in [1.165, 1.54) is 6.07 Å². The standard InChI is InChI=1S/C14H15Cl2NO3/c15-11-5-4-8(7-12(11)16)13(18)17-10-3-1-2-9(6-10)14(19)20/h4-5,7,9-10H,1-3,6H2,(H,17,18)(H,19,20). The highest BCUT2D eigenvalue weighted by Gasteiger charge is 2.28. The number of hydrogen-bond acceptors (Lipinski definition) is 2. The van der Waals surface area contributed by atoms with Crippen molar-refractivity contribution in [1.82, 2.24) is 5.32 Å². The highest BCUT2D eigenvalue weighted by atomic mass is 35.5. The van der Waals surface area contributed by atoms with Crippen LogP contribution in [0.3, 0.4) is 0 Å². The molecule has 2 N–H and O–H groups in total. The lowest BCUT2D eigenvalue weighted by Crippen LogP contribution is -2.39. The van der Waals surface area contributed by atoms with E-state index in [0.29, 0.717) is 28.5 Å². The summed E-state index contributed by atoms with van der Waals surface area (Å²) in [4.78, 5) is 23.1. The molecule has 0 spiro atoms. The van der Waals surface area contributed by atoms with E-state index in [4.69, 9.17) is 28.3 Å². The summed E-state index contributed by atoms with van der Waals surface area (Å²) in [5.74, 6) is -1.42. The molecule has 0 aromatic heterocycles. The zero-order chi connectivity index (χ0) is 14.7. The van der Waals surface area contributed by atoms with Gasteiger partial charge in [0.2, 0.25) is 0 Å². The first-order valence-corrected chi connectivity index (χ1v) is 7.21. The Kier molecular flexibility index (Phi) is 4.89. The third-order valence-corrected chi connectivity index (χ3v) is 4.28. The van der Waals surface area contributed by atoms with E-state index >= 15 is 0 Å². The van der Waals surface area contributed by atoms with Crippen LogP contribution < -0.4 is 5.32 Å². The predicted octanol–water partition coefficient (Wildman–Crippen LogP) is 3.37. The first-order chi connectivity index (χ1) is 9.47. The van der Waals surface area contributed by atoms with Gasteiger partial charge < -0.3 is 10.4 Å². The smallest absolute Gasteiger partial charge is 0.306 e. The number of carbonyl (C=O) groups excluding carboxylic acids is 1. The zero-order valence-corrected chi connectivity index (χ0v) is 12.2. The van der Waals surface area contributed by atoms with Crippen LogP contribution in [0.15, 0.2) is 18.2 Å². The maximum atomic E-state index is 12.1. The van der Waals surface area contributed by atoms with Crippen molar-refractivity contribution in [3.8, 4) is 0 Å². The minimum absolute atomic E-state index is 0.105. The van der Waals surface area contributed by atoms with Crippen molar-refractivity contribution < 1.29 is 14.7 Å². The molecule has 1 aromatic carbocycles. The molecule has 2 rings (SSSR count). The molecule has 2 atom stereocenters. The molecular weight excluding hydrogens is 301 g/mol. The summed E-state index contributed by atoms with van der Waals surface area (Å²) >= 11 is 11.7. The van der Waals surface area contributed by atoms with Gasteiger partial charge in [-0.1, -0.05) is 29.6 Å². The van der Waals surface area contributed by atoms with Gasteiger partial charge in [0, 0.05) is 11.6 Å². The summed E-state index contributed by atoms with van der Waals surface area (Å²) in [6.45, 7) is 0. The van der Waals surface area contributed by atoms with Crippen molar-refractivity contribution in [2.45, 2.75) is 31.7 Å². The van der Waals surface area contributed by atoms with Crippen molar-refractivity contribution in [1.29, 1.82) is 0 Å². The van der Waals surface area contributed by atoms with E-state index < -0.39 is 5.97 Å². The molecule has 20 heavy (non-hydrogen) atoms. The maximum absolute atomic E-state index is 12.1. The molecule has 0 radical (unpaired) electrons. The van der Waals surface area contributed by atoms with Gasteiger partial charge in [-0.2, -0.15) is 0 Å². The quantitative estimate of drug-likeness (QED) is 0.898. The fraction of sp³-hybridized carbons (Fsp3) is 0.429. The third-order valence-electron chi connectivity index (χ3n) is 3.54. The van der Waals surface area contributed by atoms with Crippen LogP contribution in [0.4, 0.5) is 0 Å². The lowest BCUT2D eigenvalue weighted by molar-refractivity contribution is -0.143. The number of aliphatic carboxylic acids is 1. The Morgan fingerprint density at radius 1 is 1.20 bits per heavy atom. The molecule has 1 aromatic rings. The van der Waals surface area contributed by atoms with E-state index in [-0.39, 0.29) is 17.9 Å². The van der Waals surface area contributed by atoms with Gasteiger partial charge in [0.25, 0.3) is 5.91 Å². The van der Waals surface area contributed by atoms with Gasteiger partial charge >= 0.3 is 5.97 Å². The summed E-state index contributed by atoms with van der Waals surface area (Å²) in [5, 5.41) is 12.6. The average molecular weight is 316 g/mol. The zero-order valence-electron chi connectivity index (χ0n) is 10.7. The van der Waals surface area contributed by atoms with Crippen LogP contribution in [-0.2, 0) is 4.79 Å². The largest absolute Gasteiger partial charge is 0.481 e. The van der Waals surface area contributed by atoms with Gasteiger partial charge in [0.15, 0.2) is 0 Å². The summed E-state index contributed by atoms with van der Waals surface area (Å²) in [5.41, 5.74) is 0.428. The topological polar surface area (TPSA) is 66.4 Å². The summed E-state index contributed by atoms with van der Waals surface area (Å²) < 4.78 is 0. The van der Waals surface area contributed by atoms with Gasteiger partial charge in [0.1, 0.15) is 0 Å². The van der Waals surface area contributed by atoms with Gasteiger partial charge in [-0.15, -0.1) is 0 Å². The first kappa shape index (κ1) is 15.1. The monoisotopic (exact) mass is 315 g/mol. The number of carbonyl (C=O) groups is 2. The Labute approximate surface area is 127 Å². The van der Waals surface area contributed by atoms with E-state index in [9.17, 15) is 9.59 Å². The Morgan fingerprint density at radius 3 is 2.60 bits per heavy atom. The molecular formula is C14H15Cl2NO3. The lowest BCUT2D eigenvalue weighted by atomic mass is 9.85. The molecule has 6 heteroatoms. The molecule has 0 bridgehead atoms. The summed E-state index contributed by atoms with van der Waals surface area (Å²) in [6, 6.07) is 4.57. The molecule has 2 unspecified atom stereocenters. The van der Waals surface area contributed by atoms with E-state index in [2.05, 4.69) is 5.32 Å².